The summed E-state index contributed by atoms with van der Waals surface area (Å²) >= 11 is 0. The number of aryl methyl sites for hydroxylation is 3. The fourth-order valence-electron chi connectivity index (χ4n) is 2.31. The van der Waals surface area contributed by atoms with Crippen LogP contribution in [0.2, 0.25) is 0 Å². The summed E-state index contributed by atoms with van der Waals surface area (Å²) in [5.41, 5.74) is 2.65. The highest BCUT2D eigenvalue weighted by Crippen LogP contribution is 2.04. The number of hydrogen-bond donors (Lipinski definition) is 1. The largest absolute Gasteiger partial charge is 0.314 e. The Morgan fingerprint density at radius 3 is 2.75 bits per heavy atom. The molecule has 20 heavy (non-hydrogen) atoms. The van der Waals surface area contributed by atoms with Gasteiger partial charge in [0.15, 0.2) is 0 Å². The van der Waals surface area contributed by atoms with E-state index in [1.54, 1.807) is 0 Å². The van der Waals surface area contributed by atoms with Gasteiger partial charge in [0.2, 0.25) is 0 Å². The van der Waals surface area contributed by atoms with Crippen LogP contribution < -0.4 is 5.32 Å². The third-order valence-electron chi connectivity index (χ3n) is 3.53. The second-order valence-corrected chi connectivity index (χ2v) is 5.51. The summed E-state index contributed by atoms with van der Waals surface area (Å²) in [5, 5.41) is 7.89. The topological polar surface area (TPSA) is 29.9 Å². The molecule has 0 unspecified atom stereocenters. The van der Waals surface area contributed by atoms with Crippen molar-refractivity contribution in [1.82, 2.24) is 15.1 Å². The van der Waals surface area contributed by atoms with Crippen LogP contribution in [0, 0.1) is 6.92 Å². The molecule has 3 nitrogen and oxygen atoms in total. The lowest BCUT2D eigenvalue weighted by Gasteiger charge is -2.13. The van der Waals surface area contributed by atoms with E-state index in [2.05, 4.69) is 60.8 Å². The predicted octanol–water partition coefficient (Wildman–Crippen LogP) is 3.19. The fraction of sp³-hybridized carbons (Fsp3) is 0.471. The zero-order valence-corrected chi connectivity index (χ0v) is 12.5. The summed E-state index contributed by atoms with van der Waals surface area (Å²) in [7, 11) is 0. The van der Waals surface area contributed by atoms with Crippen molar-refractivity contribution in [1.29, 1.82) is 0 Å². The fourth-order valence-corrected chi connectivity index (χ4v) is 2.31. The first-order valence-electron chi connectivity index (χ1n) is 7.50. The van der Waals surface area contributed by atoms with Crippen molar-refractivity contribution in [3.63, 3.8) is 0 Å². The van der Waals surface area contributed by atoms with E-state index in [0.717, 1.165) is 25.9 Å². The Balaban J connectivity index is 1.57. The van der Waals surface area contributed by atoms with Crippen molar-refractivity contribution in [2.75, 3.05) is 6.54 Å². The number of aromatic nitrogens is 2. The number of hydrogen-bond acceptors (Lipinski definition) is 2. The summed E-state index contributed by atoms with van der Waals surface area (Å²) in [6, 6.07) is 11.3. The van der Waals surface area contributed by atoms with E-state index in [1.165, 1.54) is 17.5 Å². The average molecular weight is 271 g/mol. The zero-order valence-electron chi connectivity index (χ0n) is 12.5. The number of rotatable bonds is 8. The van der Waals surface area contributed by atoms with Gasteiger partial charge in [0, 0.05) is 18.8 Å². The van der Waals surface area contributed by atoms with Crippen molar-refractivity contribution in [3.8, 4) is 0 Å². The number of nitrogens with zero attached hydrogens (tertiary/aromatic N) is 2. The van der Waals surface area contributed by atoms with Crippen LogP contribution >= 0.6 is 0 Å². The van der Waals surface area contributed by atoms with Crippen molar-refractivity contribution in [3.05, 3.63) is 53.9 Å². The van der Waals surface area contributed by atoms with Crippen molar-refractivity contribution in [2.24, 2.45) is 0 Å². The Hall–Kier alpha value is -1.61. The van der Waals surface area contributed by atoms with E-state index in [0.29, 0.717) is 6.04 Å². The van der Waals surface area contributed by atoms with Crippen LogP contribution in [0.1, 0.15) is 30.9 Å². The van der Waals surface area contributed by atoms with Gasteiger partial charge >= 0.3 is 0 Å². The quantitative estimate of drug-likeness (QED) is 0.747. The molecule has 1 N–H and O–H groups in total. The second kappa shape index (κ2) is 7.85. The highest BCUT2D eigenvalue weighted by atomic mass is 15.3. The van der Waals surface area contributed by atoms with E-state index in [1.807, 2.05) is 10.9 Å². The van der Waals surface area contributed by atoms with Crippen molar-refractivity contribution >= 4 is 0 Å². The molecular weight excluding hydrogens is 246 g/mol. The first-order valence-corrected chi connectivity index (χ1v) is 7.50. The summed E-state index contributed by atoms with van der Waals surface area (Å²) < 4.78 is 2.02. The van der Waals surface area contributed by atoms with Crippen LogP contribution in [0.3, 0.4) is 0 Å². The van der Waals surface area contributed by atoms with Gasteiger partial charge in [0.1, 0.15) is 0 Å². The Labute approximate surface area is 122 Å². The minimum absolute atomic E-state index is 0.564. The maximum Gasteiger partial charge on any atom is 0.0518 e. The Morgan fingerprint density at radius 1 is 1.25 bits per heavy atom. The smallest absolute Gasteiger partial charge is 0.0518 e. The average Bonchev–Trinajstić information content (AvgIpc) is 2.88. The monoisotopic (exact) mass is 271 g/mol. The summed E-state index contributed by atoms with van der Waals surface area (Å²) in [6.07, 6.45) is 7.46. The SMILES string of the molecule is Cc1cnn(CCCN[C@@H](C)CCc2ccccc2)c1. The minimum atomic E-state index is 0.564. The van der Waals surface area contributed by atoms with Gasteiger partial charge in [0.05, 0.1) is 6.20 Å². The summed E-state index contributed by atoms with van der Waals surface area (Å²) in [6.45, 7) is 6.38. The summed E-state index contributed by atoms with van der Waals surface area (Å²) in [5.74, 6) is 0. The molecule has 0 spiro atoms. The second-order valence-electron chi connectivity index (χ2n) is 5.51. The molecule has 2 aromatic rings. The Morgan fingerprint density at radius 2 is 2.05 bits per heavy atom. The Bertz CT molecular complexity index is 490. The van der Waals surface area contributed by atoms with Crippen LogP contribution in [-0.2, 0) is 13.0 Å². The molecule has 3 heteroatoms. The lowest BCUT2D eigenvalue weighted by atomic mass is 10.1. The maximum absolute atomic E-state index is 4.30. The molecule has 1 aromatic carbocycles. The first kappa shape index (κ1) is 14.8. The molecule has 0 saturated heterocycles. The van der Waals surface area contributed by atoms with Gasteiger partial charge < -0.3 is 5.32 Å². The number of nitrogens with one attached hydrogen (secondary N) is 1. The molecule has 0 bridgehead atoms. The van der Waals surface area contributed by atoms with E-state index < -0.39 is 0 Å². The van der Waals surface area contributed by atoms with Gasteiger partial charge in [-0.1, -0.05) is 30.3 Å². The van der Waals surface area contributed by atoms with Gasteiger partial charge in [-0.25, -0.2) is 0 Å². The van der Waals surface area contributed by atoms with E-state index in [9.17, 15) is 0 Å². The molecule has 0 radical (unpaired) electrons. The highest BCUT2D eigenvalue weighted by molar-refractivity contribution is 5.14. The van der Waals surface area contributed by atoms with Gasteiger partial charge in [-0.15, -0.1) is 0 Å². The predicted molar refractivity (Wildman–Crippen MR) is 83.8 cm³/mol. The van der Waals surface area contributed by atoms with Gasteiger partial charge in [-0.2, -0.15) is 5.10 Å². The van der Waals surface area contributed by atoms with Gasteiger partial charge in [0.25, 0.3) is 0 Å². The van der Waals surface area contributed by atoms with Crippen molar-refractivity contribution < 1.29 is 0 Å². The molecule has 1 atom stereocenters. The van der Waals surface area contributed by atoms with Crippen LogP contribution in [0.15, 0.2) is 42.7 Å². The van der Waals surface area contributed by atoms with E-state index in [4.69, 9.17) is 0 Å². The Kier molecular flexibility index (Phi) is 5.81. The molecule has 0 saturated carbocycles. The molecule has 108 valence electrons. The molecule has 1 aromatic heterocycles. The number of benzene rings is 1. The lowest BCUT2D eigenvalue weighted by Crippen LogP contribution is -2.28. The van der Waals surface area contributed by atoms with Crippen LogP contribution in [0.4, 0.5) is 0 Å². The summed E-state index contributed by atoms with van der Waals surface area (Å²) in [4.78, 5) is 0. The van der Waals surface area contributed by atoms with Crippen LogP contribution in [0.5, 0.6) is 0 Å². The van der Waals surface area contributed by atoms with E-state index >= 15 is 0 Å². The van der Waals surface area contributed by atoms with Gasteiger partial charge in [-0.05, 0) is 50.8 Å². The minimum Gasteiger partial charge on any atom is -0.314 e. The molecule has 0 aliphatic rings. The normalized spacial score (nSPS) is 12.5. The zero-order chi connectivity index (χ0) is 14.2. The molecule has 2 rings (SSSR count). The maximum atomic E-state index is 4.30. The molecule has 0 aliphatic heterocycles. The molecular formula is C17H25N3. The molecule has 0 amide bonds. The molecule has 0 fully saturated rings. The third-order valence-corrected chi connectivity index (χ3v) is 3.53. The van der Waals surface area contributed by atoms with Crippen LogP contribution in [-0.4, -0.2) is 22.4 Å². The first-order chi connectivity index (χ1) is 9.74. The van der Waals surface area contributed by atoms with E-state index in [-0.39, 0.29) is 0 Å². The highest BCUT2D eigenvalue weighted by Gasteiger charge is 2.02. The van der Waals surface area contributed by atoms with Crippen LogP contribution in [0.25, 0.3) is 0 Å². The lowest BCUT2D eigenvalue weighted by molar-refractivity contribution is 0.478. The van der Waals surface area contributed by atoms with Gasteiger partial charge in [-0.3, -0.25) is 4.68 Å². The molecule has 0 aliphatic carbocycles. The van der Waals surface area contributed by atoms with Crippen molar-refractivity contribution in [2.45, 2.75) is 45.7 Å². The standard InChI is InChI=1S/C17H25N3/c1-15-13-19-20(14-15)12-6-11-18-16(2)9-10-17-7-4-3-5-8-17/h3-5,7-8,13-14,16,18H,6,9-12H2,1-2H3/t16-/m0/s1. The molecule has 1 heterocycles. The third kappa shape index (κ3) is 5.17.